The van der Waals surface area contributed by atoms with Gasteiger partial charge >= 0.3 is 0 Å². The molecular formula is C20H31IN6O. The number of ether oxygens (including phenoxy) is 1. The van der Waals surface area contributed by atoms with Gasteiger partial charge in [0.2, 0.25) is 0 Å². The maximum Gasteiger partial charge on any atom is 0.193 e. The lowest BCUT2D eigenvalue weighted by Crippen LogP contribution is -2.52. The SMILES string of the molecule is CN=C(NCCCc1cnn(C)c1)N1CCN(c2cccc(OC)c2)CC1.I. The molecule has 0 spiro atoms. The minimum Gasteiger partial charge on any atom is -0.497 e. The number of piperazine rings is 1. The lowest BCUT2D eigenvalue weighted by molar-refractivity contribution is 0.372. The van der Waals surface area contributed by atoms with Crippen molar-refractivity contribution >= 4 is 35.6 Å². The summed E-state index contributed by atoms with van der Waals surface area (Å²) in [5, 5.41) is 7.71. The fourth-order valence-corrected chi connectivity index (χ4v) is 3.41. The lowest BCUT2D eigenvalue weighted by Gasteiger charge is -2.37. The van der Waals surface area contributed by atoms with Crippen LogP contribution in [-0.2, 0) is 13.5 Å². The zero-order valence-electron chi connectivity index (χ0n) is 17.0. The largest absolute Gasteiger partial charge is 0.497 e. The Kier molecular flexibility index (Phi) is 8.88. The number of hydrogen-bond donors (Lipinski definition) is 1. The van der Waals surface area contributed by atoms with E-state index < -0.39 is 0 Å². The number of aliphatic imine (C=N–C) groups is 1. The highest BCUT2D eigenvalue weighted by molar-refractivity contribution is 14.0. The second-order valence-electron chi connectivity index (χ2n) is 6.78. The second kappa shape index (κ2) is 11.1. The highest BCUT2D eigenvalue weighted by atomic mass is 127. The Labute approximate surface area is 184 Å². The summed E-state index contributed by atoms with van der Waals surface area (Å²) in [4.78, 5) is 9.19. The topological polar surface area (TPSA) is 57.9 Å². The Morgan fingerprint density at radius 1 is 1.25 bits per heavy atom. The maximum atomic E-state index is 5.34. The molecule has 1 fully saturated rings. The van der Waals surface area contributed by atoms with Gasteiger partial charge in [0.25, 0.3) is 0 Å². The monoisotopic (exact) mass is 498 g/mol. The molecule has 1 aromatic heterocycles. The van der Waals surface area contributed by atoms with E-state index in [2.05, 4.69) is 43.5 Å². The molecule has 0 bridgehead atoms. The molecule has 1 N–H and O–H groups in total. The van der Waals surface area contributed by atoms with Gasteiger partial charge in [0.1, 0.15) is 5.75 Å². The summed E-state index contributed by atoms with van der Waals surface area (Å²) in [7, 11) is 5.52. The molecule has 0 saturated carbocycles. The number of aromatic nitrogens is 2. The summed E-state index contributed by atoms with van der Waals surface area (Å²) in [5.74, 6) is 1.90. The summed E-state index contributed by atoms with van der Waals surface area (Å²) in [5.41, 5.74) is 2.50. The van der Waals surface area contributed by atoms with Crippen molar-refractivity contribution in [3.63, 3.8) is 0 Å². The van der Waals surface area contributed by atoms with Gasteiger partial charge in [-0.1, -0.05) is 6.07 Å². The number of nitrogens with one attached hydrogen (secondary N) is 1. The fourth-order valence-electron chi connectivity index (χ4n) is 3.41. The first-order chi connectivity index (χ1) is 13.2. The van der Waals surface area contributed by atoms with Crippen LogP contribution in [0.3, 0.4) is 0 Å². The van der Waals surface area contributed by atoms with Gasteiger partial charge in [0.05, 0.1) is 13.3 Å². The molecule has 1 saturated heterocycles. The van der Waals surface area contributed by atoms with Crippen LogP contribution >= 0.6 is 24.0 Å². The molecule has 0 unspecified atom stereocenters. The smallest absolute Gasteiger partial charge is 0.193 e. The highest BCUT2D eigenvalue weighted by Gasteiger charge is 2.19. The van der Waals surface area contributed by atoms with Gasteiger partial charge in [0.15, 0.2) is 5.96 Å². The van der Waals surface area contributed by atoms with E-state index in [0.717, 1.165) is 57.3 Å². The first-order valence-corrected chi connectivity index (χ1v) is 9.51. The molecule has 2 heterocycles. The van der Waals surface area contributed by atoms with Crippen LogP contribution in [0.15, 0.2) is 41.7 Å². The third-order valence-corrected chi connectivity index (χ3v) is 4.89. The van der Waals surface area contributed by atoms with Crippen molar-refractivity contribution in [1.29, 1.82) is 0 Å². The fraction of sp³-hybridized carbons (Fsp3) is 0.500. The molecule has 2 aromatic rings. The lowest BCUT2D eigenvalue weighted by atomic mass is 10.2. The molecule has 0 amide bonds. The van der Waals surface area contributed by atoms with Crippen LogP contribution in [0, 0.1) is 0 Å². The van der Waals surface area contributed by atoms with E-state index >= 15 is 0 Å². The van der Waals surface area contributed by atoms with Crippen LogP contribution in [0.25, 0.3) is 0 Å². The number of benzene rings is 1. The van der Waals surface area contributed by atoms with Crippen molar-refractivity contribution in [2.75, 3.05) is 51.8 Å². The van der Waals surface area contributed by atoms with Crippen molar-refractivity contribution in [2.24, 2.45) is 12.0 Å². The third-order valence-electron chi connectivity index (χ3n) is 4.89. The number of methoxy groups -OCH3 is 1. The molecule has 1 aromatic carbocycles. The quantitative estimate of drug-likeness (QED) is 0.287. The molecule has 154 valence electrons. The number of nitrogens with zero attached hydrogens (tertiary/aromatic N) is 5. The Balaban J connectivity index is 0.00000280. The molecule has 0 aliphatic carbocycles. The molecule has 8 heteroatoms. The summed E-state index contributed by atoms with van der Waals surface area (Å²) < 4.78 is 7.19. The van der Waals surface area contributed by atoms with Crippen molar-refractivity contribution in [3.05, 3.63) is 42.2 Å². The predicted molar refractivity (Wildman–Crippen MR) is 125 cm³/mol. The summed E-state index contributed by atoms with van der Waals surface area (Å²) in [6, 6.07) is 8.27. The Morgan fingerprint density at radius 3 is 2.68 bits per heavy atom. The van der Waals surface area contributed by atoms with Crippen molar-refractivity contribution in [3.8, 4) is 5.75 Å². The van der Waals surface area contributed by atoms with E-state index in [0.29, 0.717) is 0 Å². The van der Waals surface area contributed by atoms with Crippen LogP contribution in [0.1, 0.15) is 12.0 Å². The predicted octanol–water partition coefficient (Wildman–Crippen LogP) is 2.38. The summed E-state index contributed by atoms with van der Waals surface area (Å²) in [6.07, 6.45) is 6.11. The molecule has 7 nitrogen and oxygen atoms in total. The molecule has 0 radical (unpaired) electrons. The van der Waals surface area contributed by atoms with E-state index in [4.69, 9.17) is 4.74 Å². The van der Waals surface area contributed by atoms with Crippen LogP contribution in [0.4, 0.5) is 5.69 Å². The number of halogens is 1. The first-order valence-electron chi connectivity index (χ1n) is 9.51. The van der Waals surface area contributed by atoms with E-state index in [1.165, 1.54) is 11.3 Å². The Morgan fingerprint density at radius 2 is 2.04 bits per heavy atom. The van der Waals surface area contributed by atoms with Crippen molar-refractivity contribution in [2.45, 2.75) is 12.8 Å². The van der Waals surface area contributed by atoms with Crippen LogP contribution < -0.4 is 15.0 Å². The van der Waals surface area contributed by atoms with E-state index in [-0.39, 0.29) is 24.0 Å². The molecule has 3 rings (SSSR count). The van der Waals surface area contributed by atoms with Gasteiger partial charge in [-0.15, -0.1) is 24.0 Å². The van der Waals surface area contributed by atoms with E-state index in [9.17, 15) is 0 Å². The number of anilines is 1. The summed E-state index contributed by atoms with van der Waals surface area (Å²) >= 11 is 0. The minimum absolute atomic E-state index is 0. The Hall–Kier alpha value is -1.97. The average Bonchev–Trinajstić information content (AvgIpc) is 3.13. The molecule has 0 atom stereocenters. The van der Waals surface area contributed by atoms with Crippen LogP contribution in [0.2, 0.25) is 0 Å². The molecule has 1 aliphatic rings. The average molecular weight is 498 g/mol. The minimum atomic E-state index is 0. The third kappa shape index (κ3) is 6.02. The number of guanidine groups is 1. The van der Waals surface area contributed by atoms with Gasteiger partial charge < -0.3 is 19.9 Å². The van der Waals surface area contributed by atoms with E-state index in [1.807, 2.05) is 37.1 Å². The number of hydrogen-bond acceptors (Lipinski definition) is 4. The van der Waals surface area contributed by atoms with Gasteiger partial charge in [-0.25, -0.2) is 0 Å². The van der Waals surface area contributed by atoms with Gasteiger partial charge in [-0.2, -0.15) is 5.10 Å². The van der Waals surface area contributed by atoms with Gasteiger partial charge in [-0.05, 0) is 30.5 Å². The Bertz CT molecular complexity index is 755. The molecular weight excluding hydrogens is 467 g/mol. The van der Waals surface area contributed by atoms with E-state index in [1.54, 1.807) is 7.11 Å². The molecule has 1 aliphatic heterocycles. The summed E-state index contributed by atoms with van der Waals surface area (Å²) in [6.45, 7) is 4.78. The van der Waals surface area contributed by atoms with Gasteiger partial charge in [-0.3, -0.25) is 9.67 Å². The normalized spacial score (nSPS) is 14.6. The first kappa shape index (κ1) is 22.3. The highest BCUT2D eigenvalue weighted by Crippen LogP contribution is 2.22. The zero-order chi connectivity index (χ0) is 19.1. The molecule has 28 heavy (non-hydrogen) atoms. The second-order valence-corrected chi connectivity index (χ2v) is 6.78. The maximum absolute atomic E-state index is 5.34. The standard InChI is InChI=1S/C20H30N6O.HI/c1-21-20(22-9-5-6-17-15-23-24(2)16-17)26-12-10-25(11-13-26)18-7-4-8-19(14-18)27-3;/h4,7-8,14-16H,5-6,9-13H2,1-3H3,(H,21,22);1H. The number of rotatable bonds is 6. The van der Waals surface area contributed by atoms with Crippen LogP contribution in [-0.4, -0.2) is 67.5 Å². The zero-order valence-corrected chi connectivity index (χ0v) is 19.3. The van der Waals surface area contributed by atoms with Crippen LogP contribution in [0.5, 0.6) is 5.75 Å². The van der Waals surface area contributed by atoms with Crippen molar-refractivity contribution in [1.82, 2.24) is 20.0 Å². The van der Waals surface area contributed by atoms with Crippen molar-refractivity contribution < 1.29 is 4.74 Å². The number of aryl methyl sites for hydroxylation is 2. The van der Waals surface area contributed by atoms with Gasteiger partial charge in [0, 0.05) is 64.8 Å².